The highest BCUT2D eigenvalue weighted by molar-refractivity contribution is 7.85. The van der Waals surface area contributed by atoms with Gasteiger partial charge in [-0.3, -0.25) is 4.18 Å². The van der Waals surface area contributed by atoms with Crippen LogP contribution < -0.4 is 0 Å². The van der Waals surface area contributed by atoms with E-state index in [4.69, 9.17) is 4.18 Å². The number of unbranched alkanes of at least 4 members (excludes halogenated alkanes) is 4. The lowest BCUT2D eigenvalue weighted by Crippen LogP contribution is -2.05. The van der Waals surface area contributed by atoms with Crippen molar-refractivity contribution in [3.05, 3.63) is 34.9 Å². The van der Waals surface area contributed by atoms with Gasteiger partial charge in [0.2, 0.25) is 0 Å². The zero-order valence-electron chi connectivity index (χ0n) is 15.6. The van der Waals surface area contributed by atoms with Crippen molar-refractivity contribution < 1.29 is 12.6 Å². The van der Waals surface area contributed by atoms with Gasteiger partial charge in [-0.2, -0.15) is 8.42 Å². The van der Waals surface area contributed by atoms with E-state index in [1.54, 1.807) is 0 Å². The largest absolute Gasteiger partial charge is 0.270 e. The molecule has 3 nitrogen and oxygen atoms in total. The Hall–Kier alpha value is -0.870. The molecule has 1 aromatic carbocycles. The maximum absolute atomic E-state index is 11.0. The Labute approximate surface area is 148 Å². The minimum Gasteiger partial charge on any atom is -0.270 e. The van der Waals surface area contributed by atoms with Crippen molar-refractivity contribution in [3.63, 3.8) is 0 Å². The second kappa shape index (κ2) is 11.6. The smallest absolute Gasteiger partial charge is 0.264 e. The monoisotopic (exact) mass is 354 g/mol. The molecule has 0 spiro atoms. The molecule has 1 rings (SSSR count). The van der Waals surface area contributed by atoms with Gasteiger partial charge in [0, 0.05) is 0 Å². The molecule has 0 aliphatic carbocycles. The molecule has 0 radical (unpaired) electrons. The summed E-state index contributed by atoms with van der Waals surface area (Å²) < 4.78 is 26.9. The fourth-order valence-corrected chi connectivity index (χ4v) is 3.34. The quantitative estimate of drug-likeness (QED) is 0.367. The van der Waals surface area contributed by atoms with Crippen LogP contribution in [0.2, 0.25) is 0 Å². The van der Waals surface area contributed by atoms with Gasteiger partial charge in [-0.25, -0.2) is 0 Å². The van der Waals surface area contributed by atoms with E-state index in [9.17, 15) is 8.42 Å². The van der Waals surface area contributed by atoms with Crippen LogP contribution in [0.15, 0.2) is 18.2 Å². The molecule has 0 heterocycles. The number of rotatable bonds is 13. The first-order valence-electron chi connectivity index (χ1n) is 9.40. The molecule has 0 aliphatic rings. The molecule has 0 unspecified atom stereocenters. The van der Waals surface area contributed by atoms with E-state index in [-0.39, 0.29) is 6.61 Å². The van der Waals surface area contributed by atoms with Crippen LogP contribution in [-0.4, -0.2) is 21.3 Å². The van der Waals surface area contributed by atoms with E-state index in [1.165, 1.54) is 55.2 Å². The Bertz CT molecular complexity index is 536. The van der Waals surface area contributed by atoms with Crippen LogP contribution in [0.4, 0.5) is 0 Å². The third-order valence-electron chi connectivity index (χ3n) is 4.16. The Morgan fingerprint density at radius 1 is 0.750 bits per heavy atom. The van der Waals surface area contributed by atoms with E-state index in [1.807, 2.05) is 0 Å². The Kier molecular flexibility index (Phi) is 10.3. The minimum atomic E-state index is -3.32. The molecule has 4 heteroatoms. The van der Waals surface area contributed by atoms with E-state index < -0.39 is 10.1 Å². The van der Waals surface area contributed by atoms with Crippen LogP contribution >= 0.6 is 0 Å². The maximum Gasteiger partial charge on any atom is 0.264 e. The van der Waals surface area contributed by atoms with E-state index >= 15 is 0 Å². The van der Waals surface area contributed by atoms with Crippen molar-refractivity contribution in [1.29, 1.82) is 0 Å². The number of benzene rings is 1. The van der Waals surface area contributed by atoms with Crippen molar-refractivity contribution in [2.75, 3.05) is 12.9 Å². The lowest BCUT2D eigenvalue weighted by atomic mass is 9.96. The van der Waals surface area contributed by atoms with Crippen LogP contribution in [0.5, 0.6) is 0 Å². The molecule has 0 amide bonds. The van der Waals surface area contributed by atoms with Crippen LogP contribution in [-0.2, 0) is 33.6 Å². The van der Waals surface area contributed by atoms with Crippen LogP contribution in [0.25, 0.3) is 0 Å². The highest BCUT2D eigenvalue weighted by Gasteiger charge is 2.05. The molecule has 138 valence electrons. The highest BCUT2D eigenvalue weighted by Crippen LogP contribution is 2.17. The first kappa shape index (κ1) is 21.2. The van der Waals surface area contributed by atoms with Crippen LogP contribution in [0.1, 0.15) is 75.5 Å². The summed E-state index contributed by atoms with van der Waals surface area (Å²) >= 11 is 0. The second-order valence-electron chi connectivity index (χ2n) is 6.70. The number of hydrogen-bond acceptors (Lipinski definition) is 3. The van der Waals surface area contributed by atoms with Gasteiger partial charge in [0.1, 0.15) is 0 Å². The zero-order chi connectivity index (χ0) is 17.8. The predicted octanol–water partition coefficient (Wildman–Crippen LogP) is 5.06. The zero-order valence-corrected chi connectivity index (χ0v) is 16.5. The summed E-state index contributed by atoms with van der Waals surface area (Å²) in [5, 5.41) is 0. The van der Waals surface area contributed by atoms with Crippen molar-refractivity contribution in [1.82, 2.24) is 0 Å². The lowest BCUT2D eigenvalue weighted by molar-refractivity contribution is 0.316. The first-order valence-corrected chi connectivity index (χ1v) is 11.2. The van der Waals surface area contributed by atoms with E-state index in [0.29, 0.717) is 0 Å². The molecule has 0 atom stereocenters. The molecule has 0 fully saturated rings. The molecule has 0 aliphatic heterocycles. The fraction of sp³-hybridized carbons (Fsp3) is 0.700. The van der Waals surface area contributed by atoms with Crippen molar-refractivity contribution >= 4 is 10.1 Å². The van der Waals surface area contributed by atoms with Gasteiger partial charge in [-0.15, -0.1) is 0 Å². The van der Waals surface area contributed by atoms with Gasteiger partial charge in [-0.05, 0) is 55.2 Å². The SMILES string of the molecule is CCCCCc1cc(CCCCC)cc(CCCOS(C)(=O)=O)c1. The molecule has 0 aromatic heterocycles. The van der Waals surface area contributed by atoms with Gasteiger partial charge in [0.05, 0.1) is 12.9 Å². The van der Waals surface area contributed by atoms with Crippen molar-refractivity contribution in [2.24, 2.45) is 0 Å². The summed E-state index contributed by atoms with van der Waals surface area (Å²) in [4.78, 5) is 0. The van der Waals surface area contributed by atoms with Gasteiger partial charge in [-0.1, -0.05) is 57.7 Å². The van der Waals surface area contributed by atoms with Gasteiger partial charge >= 0.3 is 0 Å². The Morgan fingerprint density at radius 2 is 1.17 bits per heavy atom. The Morgan fingerprint density at radius 3 is 1.54 bits per heavy atom. The molecule has 0 bridgehead atoms. The van der Waals surface area contributed by atoms with Crippen molar-refractivity contribution in [2.45, 2.75) is 78.1 Å². The van der Waals surface area contributed by atoms with E-state index in [2.05, 4.69) is 32.0 Å². The number of aryl methyl sites for hydroxylation is 3. The normalized spacial score (nSPS) is 11.8. The molecule has 0 saturated heterocycles. The second-order valence-corrected chi connectivity index (χ2v) is 8.35. The molecule has 0 N–H and O–H groups in total. The average Bonchev–Trinajstić information content (AvgIpc) is 2.51. The average molecular weight is 355 g/mol. The third kappa shape index (κ3) is 10.1. The molecule has 1 aromatic rings. The fourth-order valence-electron chi connectivity index (χ4n) is 2.92. The van der Waals surface area contributed by atoms with E-state index in [0.717, 1.165) is 31.9 Å². The van der Waals surface area contributed by atoms with Gasteiger partial charge in [0.25, 0.3) is 10.1 Å². The standard InChI is InChI=1S/C20H34O3S/c1-4-6-8-11-18-15-19(12-9-7-5-2)17-20(16-18)13-10-14-23-24(3,21)22/h15-17H,4-14H2,1-3H3. The molecule has 24 heavy (non-hydrogen) atoms. The third-order valence-corrected chi connectivity index (χ3v) is 4.75. The maximum atomic E-state index is 11.0. The number of hydrogen-bond donors (Lipinski definition) is 0. The first-order chi connectivity index (χ1) is 11.4. The molecular formula is C20H34O3S. The van der Waals surface area contributed by atoms with Crippen molar-refractivity contribution in [3.8, 4) is 0 Å². The summed E-state index contributed by atoms with van der Waals surface area (Å²) in [6, 6.07) is 6.95. The lowest BCUT2D eigenvalue weighted by Gasteiger charge is -2.10. The minimum absolute atomic E-state index is 0.268. The van der Waals surface area contributed by atoms with Crippen LogP contribution in [0, 0.1) is 0 Å². The summed E-state index contributed by atoms with van der Waals surface area (Å²) in [6.07, 6.45) is 12.5. The highest BCUT2D eigenvalue weighted by atomic mass is 32.2. The summed E-state index contributed by atoms with van der Waals surface area (Å²) in [6.45, 7) is 4.73. The molecular weight excluding hydrogens is 320 g/mol. The summed E-state index contributed by atoms with van der Waals surface area (Å²) in [7, 11) is -3.32. The van der Waals surface area contributed by atoms with Gasteiger partial charge in [0.15, 0.2) is 0 Å². The van der Waals surface area contributed by atoms with Crippen LogP contribution in [0.3, 0.4) is 0 Å². The molecule has 0 saturated carbocycles. The Balaban J connectivity index is 2.65. The topological polar surface area (TPSA) is 43.4 Å². The predicted molar refractivity (Wildman–Crippen MR) is 102 cm³/mol. The summed E-state index contributed by atoms with van der Waals surface area (Å²) in [5.41, 5.74) is 4.17. The van der Waals surface area contributed by atoms with Gasteiger partial charge < -0.3 is 0 Å². The summed E-state index contributed by atoms with van der Waals surface area (Å²) in [5.74, 6) is 0.